The van der Waals surface area contributed by atoms with Crippen LogP contribution in [0.1, 0.15) is 31.2 Å². The molecule has 1 atom stereocenters. The number of rotatable bonds is 6. The predicted octanol–water partition coefficient (Wildman–Crippen LogP) is 2.92. The topological polar surface area (TPSA) is 81.7 Å². The molecule has 2 fully saturated rings. The molecule has 2 aliphatic heterocycles. The fraction of sp³-hybridized carbons (Fsp3) is 0.455. The third-order valence-electron chi connectivity index (χ3n) is 5.83. The molecule has 29 heavy (non-hydrogen) atoms. The van der Waals surface area contributed by atoms with Gasteiger partial charge in [-0.15, -0.1) is 0 Å². The first-order valence-corrected chi connectivity index (χ1v) is 10.3. The average Bonchev–Trinajstić information content (AvgIpc) is 3.41. The van der Waals surface area contributed by atoms with Crippen LogP contribution in [-0.2, 0) is 14.9 Å². The molecule has 0 bridgehead atoms. The summed E-state index contributed by atoms with van der Waals surface area (Å²) in [5, 5.41) is 6.41. The summed E-state index contributed by atoms with van der Waals surface area (Å²) in [5.74, 6) is 2.27. The molecule has 7 nitrogen and oxygen atoms in total. The van der Waals surface area contributed by atoms with Crippen LogP contribution in [0.4, 0.5) is 11.5 Å². The van der Waals surface area contributed by atoms with Crippen LogP contribution in [0.25, 0.3) is 0 Å². The van der Waals surface area contributed by atoms with E-state index in [0.29, 0.717) is 25.6 Å². The number of carbonyl (C=O) groups excluding carboxylic acids is 1. The number of fused-ring (bicyclic) bond motifs is 1. The molecule has 1 saturated carbocycles. The molecule has 0 radical (unpaired) electrons. The number of hydrogen-bond donors (Lipinski definition) is 2. The fourth-order valence-corrected chi connectivity index (χ4v) is 4.02. The summed E-state index contributed by atoms with van der Waals surface area (Å²) in [4.78, 5) is 17.3. The number of nitrogens with one attached hydrogen (secondary N) is 2. The summed E-state index contributed by atoms with van der Waals surface area (Å²) < 4.78 is 16.8. The van der Waals surface area contributed by atoms with E-state index in [4.69, 9.17) is 14.2 Å². The number of anilines is 2. The maximum Gasteiger partial charge on any atom is 0.230 e. The summed E-state index contributed by atoms with van der Waals surface area (Å²) in [5.41, 5.74) is 1.43. The molecule has 1 amide bonds. The van der Waals surface area contributed by atoms with E-state index in [1.165, 1.54) is 0 Å². The van der Waals surface area contributed by atoms with Gasteiger partial charge in [0.2, 0.25) is 5.91 Å². The standard InChI is InChI=1S/C22H25N3O4/c26-21(24-14-17-2-1-9-27-17)22(6-7-22)15-5-8-23-20(12-15)25-16-3-4-18-19(13-16)29-11-10-28-18/h3-5,8,12-13,17H,1-2,6-7,9-11,14H2,(H,23,25)(H,24,26). The zero-order chi connectivity index (χ0) is 19.7. The van der Waals surface area contributed by atoms with Gasteiger partial charge in [-0.25, -0.2) is 4.98 Å². The number of carbonyl (C=O) groups is 1. The van der Waals surface area contributed by atoms with E-state index in [9.17, 15) is 4.79 Å². The zero-order valence-corrected chi connectivity index (χ0v) is 16.3. The summed E-state index contributed by atoms with van der Waals surface area (Å²) in [6.45, 7) is 2.51. The first kappa shape index (κ1) is 18.2. The van der Waals surface area contributed by atoms with Crippen molar-refractivity contribution in [1.29, 1.82) is 0 Å². The average molecular weight is 395 g/mol. The van der Waals surface area contributed by atoms with E-state index in [1.807, 2.05) is 30.3 Å². The van der Waals surface area contributed by atoms with Gasteiger partial charge in [-0.3, -0.25) is 4.79 Å². The van der Waals surface area contributed by atoms with Crippen molar-refractivity contribution >= 4 is 17.4 Å². The van der Waals surface area contributed by atoms with Gasteiger partial charge in [0.25, 0.3) is 0 Å². The SMILES string of the molecule is O=C(NCC1CCCO1)C1(c2ccnc(Nc3ccc4c(c3)OCCO4)c2)CC1. The summed E-state index contributed by atoms with van der Waals surface area (Å²) in [6, 6.07) is 9.64. The monoisotopic (exact) mass is 395 g/mol. The molecule has 3 heterocycles. The Morgan fingerprint density at radius 1 is 1.10 bits per heavy atom. The normalized spacial score (nSPS) is 21.4. The second-order valence-corrected chi connectivity index (χ2v) is 7.84. The van der Waals surface area contributed by atoms with Crippen LogP contribution in [-0.4, -0.2) is 43.4 Å². The van der Waals surface area contributed by atoms with Crippen LogP contribution in [0.5, 0.6) is 11.5 Å². The first-order valence-electron chi connectivity index (χ1n) is 10.3. The van der Waals surface area contributed by atoms with Crippen molar-refractivity contribution < 1.29 is 19.0 Å². The van der Waals surface area contributed by atoms with Crippen molar-refractivity contribution in [3.63, 3.8) is 0 Å². The van der Waals surface area contributed by atoms with E-state index in [0.717, 1.165) is 55.0 Å². The second kappa shape index (κ2) is 7.55. The quantitative estimate of drug-likeness (QED) is 0.783. The van der Waals surface area contributed by atoms with Gasteiger partial charge in [-0.05, 0) is 55.5 Å². The third-order valence-corrected chi connectivity index (χ3v) is 5.83. The van der Waals surface area contributed by atoms with Crippen LogP contribution in [0, 0.1) is 0 Å². The Bertz CT molecular complexity index is 907. The van der Waals surface area contributed by atoms with E-state index < -0.39 is 5.41 Å². The number of pyridine rings is 1. The second-order valence-electron chi connectivity index (χ2n) is 7.84. The number of ether oxygens (including phenoxy) is 3. The molecule has 1 saturated heterocycles. The van der Waals surface area contributed by atoms with E-state index in [2.05, 4.69) is 15.6 Å². The minimum atomic E-state index is -0.440. The van der Waals surface area contributed by atoms with E-state index >= 15 is 0 Å². The molecular weight excluding hydrogens is 370 g/mol. The molecule has 2 N–H and O–H groups in total. The van der Waals surface area contributed by atoms with Gasteiger partial charge >= 0.3 is 0 Å². The van der Waals surface area contributed by atoms with Gasteiger partial charge in [0.1, 0.15) is 19.0 Å². The van der Waals surface area contributed by atoms with Gasteiger partial charge < -0.3 is 24.8 Å². The Balaban J connectivity index is 1.28. The molecule has 152 valence electrons. The Labute approximate surface area is 169 Å². The highest BCUT2D eigenvalue weighted by molar-refractivity contribution is 5.91. The molecule has 1 aliphatic carbocycles. The van der Waals surface area contributed by atoms with Crippen molar-refractivity contribution in [3.05, 3.63) is 42.1 Å². The molecule has 1 unspecified atom stereocenters. The Hall–Kier alpha value is -2.80. The van der Waals surface area contributed by atoms with Crippen LogP contribution in [0.15, 0.2) is 36.5 Å². The highest BCUT2D eigenvalue weighted by atomic mass is 16.6. The van der Waals surface area contributed by atoms with Crippen LogP contribution in [0.3, 0.4) is 0 Å². The van der Waals surface area contributed by atoms with Crippen molar-refractivity contribution in [1.82, 2.24) is 10.3 Å². The Morgan fingerprint density at radius 3 is 2.76 bits per heavy atom. The smallest absolute Gasteiger partial charge is 0.230 e. The maximum atomic E-state index is 12.9. The molecule has 2 aromatic rings. The predicted molar refractivity (Wildman–Crippen MR) is 108 cm³/mol. The van der Waals surface area contributed by atoms with E-state index in [-0.39, 0.29) is 12.0 Å². The van der Waals surface area contributed by atoms with Crippen LogP contribution >= 0.6 is 0 Å². The van der Waals surface area contributed by atoms with Crippen molar-refractivity contribution in [2.75, 3.05) is 31.7 Å². The number of nitrogens with zero attached hydrogens (tertiary/aromatic N) is 1. The molecule has 7 heteroatoms. The first-order chi connectivity index (χ1) is 14.2. The number of aromatic nitrogens is 1. The molecule has 5 rings (SSSR count). The van der Waals surface area contributed by atoms with E-state index in [1.54, 1.807) is 6.20 Å². The summed E-state index contributed by atoms with van der Waals surface area (Å²) in [7, 11) is 0. The summed E-state index contributed by atoms with van der Waals surface area (Å²) >= 11 is 0. The lowest BCUT2D eigenvalue weighted by Gasteiger charge is -2.20. The van der Waals surface area contributed by atoms with Gasteiger partial charge in [-0.1, -0.05) is 0 Å². The van der Waals surface area contributed by atoms with Crippen molar-refractivity contribution in [2.45, 2.75) is 37.2 Å². The Morgan fingerprint density at radius 2 is 1.97 bits per heavy atom. The zero-order valence-electron chi connectivity index (χ0n) is 16.3. The van der Waals surface area contributed by atoms with Gasteiger partial charge in [0, 0.05) is 31.1 Å². The van der Waals surface area contributed by atoms with Crippen LogP contribution in [0.2, 0.25) is 0 Å². The fourth-order valence-electron chi connectivity index (χ4n) is 4.02. The minimum Gasteiger partial charge on any atom is -0.486 e. The van der Waals surface area contributed by atoms with Crippen LogP contribution < -0.4 is 20.1 Å². The lowest BCUT2D eigenvalue weighted by atomic mass is 9.95. The molecule has 1 aromatic heterocycles. The highest BCUT2D eigenvalue weighted by Gasteiger charge is 2.51. The lowest BCUT2D eigenvalue weighted by Crippen LogP contribution is -2.39. The Kier molecular flexibility index (Phi) is 4.75. The van der Waals surface area contributed by atoms with Gasteiger partial charge in [0.05, 0.1) is 11.5 Å². The maximum absolute atomic E-state index is 12.9. The highest BCUT2D eigenvalue weighted by Crippen LogP contribution is 2.49. The number of amides is 1. The molecule has 0 spiro atoms. The van der Waals surface area contributed by atoms with Gasteiger partial charge in [-0.2, -0.15) is 0 Å². The number of benzene rings is 1. The lowest BCUT2D eigenvalue weighted by molar-refractivity contribution is -0.124. The van der Waals surface area contributed by atoms with Crippen molar-refractivity contribution in [3.8, 4) is 11.5 Å². The molecule has 1 aromatic carbocycles. The van der Waals surface area contributed by atoms with Gasteiger partial charge in [0.15, 0.2) is 11.5 Å². The summed E-state index contributed by atoms with van der Waals surface area (Å²) in [6.07, 6.45) is 5.72. The third kappa shape index (κ3) is 3.74. The molecule has 3 aliphatic rings. The number of hydrogen-bond acceptors (Lipinski definition) is 6. The molecular formula is C22H25N3O4. The minimum absolute atomic E-state index is 0.0875. The largest absolute Gasteiger partial charge is 0.486 e. The van der Waals surface area contributed by atoms with Crippen molar-refractivity contribution in [2.24, 2.45) is 0 Å².